The fraction of sp³-hybridized carbons (Fsp3) is 0.625. The van der Waals surface area contributed by atoms with Crippen LogP contribution in [-0.4, -0.2) is 39.2 Å². The van der Waals surface area contributed by atoms with Crippen molar-refractivity contribution >= 4 is 5.91 Å². The molecule has 2 aromatic rings. The highest BCUT2D eigenvalue weighted by atomic mass is 16.3. The minimum absolute atomic E-state index is 0.000626. The Hall–Kier alpha value is -2.22. The van der Waals surface area contributed by atoms with Crippen LogP contribution in [0.1, 0.15) is 44.3 Å². The Morgan fingerprint density at radius 2 is 2.21 bits per heavy atom. The molecule has 0 saturated carbocycles. The normalized spacial score (nSPS) is 22.6. The number of nitrogens with one attached hydrogen (secondary N) is 1. The summed E-state index contributed by atoms with van der Waals surface area (Å²) in [6, 6.07) is 3.96. The summed E-state index contributed by atoms with van der Waals surface area (Å²) in [5, 5.41) is 12.3. The van der Waals surface area contributed by atoms with E-state index in [0.717, 1.165) is 37.5 Å². The first-order chi connectivity index (χ1) is 11.6. The predicted octanol–water partition coefficient (Wildman–Crippen LogP) is -0.208. The number of rotatable bonds is 6. The van der Waals surface area contributed by atoms with Gasteiger partial charge in [-0.25, -0.2) is 4.68 Å². The molecule has 0 bridgehead atoms. The summed E-state index contributed by atoms with van der Waals surface area (Å²) in [6.07, 6.45) is 3.31. The van der Waals surface area contributed by atoms with Crippen molar-refractivity contribution in [3.8, 4) is 0 Å². The van der Waals surface area contributed by atoms with Crippen molar-refractivity contribution in [1.82, 2.24) is 20.2 Å². The van der Waals surface area contributed by atoms with Crippen molar-refractivity contribution in [2.24, 2.45) is 17.6 Å². The van der Waals surface area contributed by atoms with Crippen molar-refractivity contribution in [1.29, 1.82) is 0 Å². The van der Waals surface area contributed by atoms with E-state index in [2.05, 4.69) is 29.4 Å². The second-order valence-corrected chi connectivity index (χ2v) is 6.83. The number of carbonyl (C=O) groups excluding carboxylic acids is 1. The van der Waals surface area contributed by atoms with E-state index < -0.39 is 0 Å². The molecule has 1 fully saturated rings. The van der Waals surface area contributed by atoms with Gasteiger partial charge in [-0.3, -0.25) is 4.79 Å². The molecule has 24 heavy (non-hydrogen) atoms. The van der Waals surface area contributed by atoms with Gasteiger partial charge in [0.05, 0.1) is 19.4 Å². The fourth-order valence-electron chi connectivity index (χ4n) is 3.63. The average Bonchev–Trinajstić information content (AvgIpc) is 3.21. The average molecular weight is 333 g/mol. The lowest BCUT2D eigenvalue weighted by Gasteiger charge is -2.35. The van der Waals surface area contributed by atoms with Gasteiger partial charge in [-0.15, -0.1) is 5.10 Å². The van der Waals surface area contributed by atoms with Crippen LogP contribution in [0, 0.1) is 11.8 Å². The second kappa shape index (κ2) is 7.12. The number of tetrazole rings is 1. The van der Waals surface area contributed by atoms with Crippen molar-refractivity contribution in [3.63, 3.8) is 0 Å². The van der Waals surface area contributed by atoms with Crippen molar-refractivity contribution in [3.05, 3.63) is 30.0 Å². The molecule has 0 radical (unpaired) electrons. The molecular formula is C16H25N6O2+. The van der Waals surface area contributed by atoms with Crippen LogP contribution in [0.15, 0.2) is 22.8 Å². The quantitative estimate of drug-likeness (QED) is 0.761. The summed E-state index contributed by atoms with van der Waals surface area (Å²) < 4.78 is 7.23. The lowest BCUT2D eigenvalue weighted by Crippen LogP contribution is -3.14. The molecule has 3 heterocycles. The fourth-order valence-corrected chi connectivity index (χ4v) is 3.63. The summed E-state index contributed by atoms with van der Waals surface area (Å²) in [5.41, 5.74) is 5.45. The smallest absolute Gasteiger partial charge is 0.220 e. The first kappa shape index (κ1) is 16.6. The molecule has 3 rings (SSSR count). The molecule has 1 aliphatic heterocycles. The molecule has 1 aliphatic rings. The minimum Gasteiger partial charge on any atom is -0.467 e. The summed E-state index contributed by atoms with van der Waals surface area (Å²) in [7, 11) is 0. The standard InChI is InChI=1S/C16H24N6O2/c1-11(2)14(21-7-5-12(6-8-21)15(17)23)16-18-19-20-22(16)10-13-4-3-9-24-13/h3-4,9,11-12,14H,5-8,10H2,1-2H3,(H2,17,23)/p+1/t14-/m0/s1. The van der Waals surface area contributed by atoms with E-state index in [1.165, 1.54) is 4.90 Å². The Balaban J connectivity index is 1.77. The Labute approximate surface area is 141 Å². The Morgan fingerprint density at radius 1 is 1.46 bits per heavy atom. The molecular weight excluding hydrogens is 308 g/mol. The van der Waals surface area contributed by atoms with Crippen LogP contribution in [0.3, 0.4) is 0 Å². The number of hydrogen-bond donors (Lipinski definition) is 2. The first-order valence-corrected chi connectivity index (χ1v) is 8.48. The summed E-state index contributed by atoms with van der Waals surface area (Å²) in [5.74, 6) is 1.90. The van der Waals surface area contributed by atoms with E-state index in [1.54, 1.807) is 6.26 Å². The monoisotopic (exact) mass is 333 g/mol. The Bertz CT molecular complexity index is 658. The van der Waals surface area contributed by atoms with Gasteiger partial charge in [-0.2, -0.15) is 0 Å². The zero-order valence-corrected chi connectivity index (χ0v) is 14.2. The van der Waals surface area contributed by atoms with Crippen molar-refractivity contribution in [2.45, 2.75) is 39.3 Å². The highest BCUT2D eigenvalue weighted by Crippen LogP contribution is 2.19. The van der Waals surface area contributed by atoms with Gasteiger partial charge in [0, 0.05) is 24.7 Å². The lowest BCUT2D eigenvalue weighted by atomic mass is 9.92. The minimum atomic E-state index is -0.183. The molecule has 1 saturated heterocycles. The summed E-state index contributed by atoms with van der Waals surface area (Å²) in [6.45, 7) is 6.71. The van der Waals surface area contributed by atoms with Gasteiger partial charge in [0.2, 0.25) is 11.7 Å². The van der Waals surface area contributed by atoms with E-state index in [-0.39, 0.29) is 17.9 Å². The number of nitrogens with two attached hydrogens (primary N) is 1. The van der Waals surface area contributed by atoms with Crippen LogP contribution in [0.2, 0.25) is 0 Å². The highest BCUT2D eigenvalue weighted by molar-refractivity contribution is 5.76. The van der Waals surface area contributed by atoms with Gasteiger partial charge >= 0.3 is 0 Å². The number of primary amides is 1. The summed E-state index contributed by atoms with van der Waals surface area (Å²) in [4.78, 5) is 12.8. The number of quaternary nitrogens is 1. The SMILES string of the molecule is CC(C)[C@@H](c1nnnn1Cc1ccco1)[NH+]1CCC(C(N)=O)CC1. The molecule has 8 heteroatoms. The number of hydrogen-bond acceptors (Lipinski definition) is 5. The third-order valence-corrected chi connectivity index (χ3v) is 4.86. The van der Waals surface area contributed by atoms with Gasteiger partial charge < -0.3 is 15.1 Å². The maximum atomic E-state index is 11.4. The largest absolute Gasteiger partial charge is 0.467 e. The third-order valence-electron chi connectivity index (χ3n) is 4.86. The Morgan fingerprint density at radius 3 is 2.79 bits per heavy atom. The van der Waals surface area contributed by atoms with E-state index in [9.17, 15) is 4.79 Å². The van der Waals surface area contributed by atoms with Crippen LogP contribution in [0.5, 0.6) is 0 Å². The molecule has 2 aromatic heterocycles. The number of aromatic nitrogens is 4. The van der Waals surface area contributed by atoms with Gasteiger partial charge in [0.1, 0.15) is 12.3 Å². The number of piperidine rings is 1. The number of amides is 1. The maximum absolute atomic E-state index is 11.4. The Kier molecular flexibility index (Phi) is 4.94. The molecule has 8 nitrogen and oxygen atoms in total. The van der Waals surface area contributed by atoms with E-state index in [1.807, 2.05) is 16.8 Å². The molecule has 0 spiro atoms. The highest BCUT2D eigenvalue weighted by Gasteiger charge is 2.36. The van der Waals surface area contributed by atoms with Gasteiger partial charge in [-0.1, -0.05) is 13.8 Å². The topological polar surface area (TPSA) is 104 Å². The van der Waals surface area contributed by atoms with Gasteiger partial charge in [0.25, 0.3) is 0 Å². The molecule has 1 atom stereocenters. The molecule has 1 amide bonds. The number of furan rings is 1. The third kappa shape index (κ3) is 3.48. The van der Waals surface area contributed by atoms with Crippen LogP contribution >= 0.6 is 0 Å². The van der Waals surface area contributed by atoms with Gasteiger partial charge in [-0.05, 0) is 22.6 Å². The van der Waals surface area contributed by atoms with E-state index in [4.69, 9.17) is 10.2 Å². The van der Waals surface area contributed by atoms with E-state index in [0.29, 0.717) is 12.5 Å². The van der Waals surface area contributed by atoms with Crippen LogP contribution in [-0.2, 0) is 11.3 Å². The van der Waals surface area contributed by atoms with Crippen molar-refractivity contribution in [2.75, 3.05) is 13.1 Å². The van der Waals surface area contributed by atoms with Crippen LogP contribution in [0.25, 0.3) is 0 Å². The van der Waals surface area contributed by atoms with Crippen LogP contribution < -0.4 is 10.6 Å². The maximum Gasteiger partial charge on any atom is 0.220 e. The molecule has 0 unspecified atom stereocenters. The van der Waals surface area contributed by atoms with Gasteiger partial charge in [0.15, 0.2) is 6.04 Å². The summed E-state index contributed by atoms with van der Waals surface area (Å²) >= 11 is 0. The molecule has 3 N–H and O–H groups in total. The molecule has 0 aromatic carbocycles. The predicted molar refractivity (Wildman–Crippen MR) is 85.8 cm³/mol. The van der Waals surface area contributed by atoms with E-state index >= 15 is 0 Å². The number of nitrogens with zero attached hydrogens (tertiary/aromatic N) is 4. The zero-order valence-electron chi connectivity index (χ0n) is 14.2. The second-order valence-electron chi connectivity index (χ2n) is 6.83. The zero-order chi connectivity index (χ0) is 17.1. The number of carbonyl (C=O) groups is 1. The van der Waals surface area contributed by atoms with Crippen molar-refractivity contribution < 1.29 is 14.1 Å². The van der Waals surface area contributed by atoms with Crippen LogP contribution in [0.4, 0.5) is 0 Å². The first-order valence-electron chi connectivity index (χ1n) is 8.48. The lowest BCUT2D eigenvalue weighted by molar-refractivity contribution is -0.941. The molecule has 0 aliphatic carbocycles. The molecule has 130 valence electrons. The number of likely N-dealkylation sites (tertiary alicyclic amines) is 1.